The zero-order valence-electron chi connectivity index (χ0n) is 13.5. The Morgan fingerprint density at radius 3 is 2.17 bits per heavy atom. The van der Waals surface area contributed by atoms with Crippen molar-refractivity contribution in [3.8, 4) is 0 Å². The summed E-state index contributed by atoms with van der Waals surface area (Å²) in [4.78, 5) is 13.9. The smallest absolute Gasteiger partial charge is 0.340 e. The maximum Gasteiger partial charge on any atom is 0.416 e. The Morgan fingerprint density at radius 2 is 1.58 bits per heavy atom. The lowest BCUT2D eigenvalue weighted by Gasteiger charge is -2.30. The Hall–Kier alpha value is -2.34. The van der Waals surface area contributed by atoms with E-state index in [2.05, 4.69) is 0 Å². The van der Waals surface area contributed by atoms with Crippen LogP contribution in [0.1, 0.15) is 23.6 Å². The first-order valence-electron chi connectivity index (χ1n) is 7.39. The molecule has 6 heteroatoms. The van der Waals surface area contributed by atoms with Gasteiger partial charge in [-0.05, 0) is 24.1 Å². The second-order valence-corrected chi connectivity index (χ2v) is 5.88. The monoisotopic (exact) mass is 336 g/mol. The highest BCUT2D eigenvalue weighted by atomic mass is 19.4. The molecule has 128 valence electrons. The predicted octanol–water partition coefficient (Wildman–Crippen LogP) is 3.54. The number of carbonyl (C=O) groups is 1. The zero-order chi connectivity index (χ0) is 18.0. The highest BCUT2D eigenvalue weighted by molar-refractivity contribution is 5.86. The zero-order valence-corrected chi connectivity index (χ0v) is 13.5. The molecule has 2 aromatic carbocycles. The molecule has 0 radical (unpaired) electrons. The molecule has 24 heavy (non-hydrogen) atoms. The molecule has 0 fully saturated rings. The van der Waals surface area contributed by atoms with Crippen LogP contribution in [0.15, 0.2) is 54.6 Å². The van der Waals surface area contributed by atoms with Crippen LogP contribution in [0.5, 0.6) is 0 Å². The predicted molar refractivity (Wildman–Crippen MR) is 85.9 cm³/mol. The van der Waals surface area contributed by atoms with Gasteiger partial charge in [-0.1, -0.05) is 48.5 Å². The lowest BCUT2D eigenvalue weighted by molar-refractivity contribution is -0.140. The van der Waals surface area contributed by atoms with Crippen LogP contribution in [0.4, 0.5) is 13.2 Å². The van der Waals surface area contributed by atoms with E-state index in [4.69, 9.17) is 5.73 Å². The number of benzene rings is 2. The van der Waals surface area contributed by atoms with Gasteiger partial charge < -0.3 is 10.6 Å². The van der Waals surface area contributed by atoms with E-state index >= 15 is 0 Å². The minimum atomic E-state index is -4.47. The van der Waals surface area contributed by atoms with Crippen molar-refractivity contribution < 1.29 is 18.0 Å². The molecule has 3 nitrogen and oxygen atoms in total. The molecule has 1 unspecified atom stereocenters. The summed E-state index contributed by atoms with van der Waals surface area (Å²) in [6.07, 6.45) is -4.47. The number of hydrogen-bond acceptors (Lipinski definition) is 2. The Morgan fingerprint density at radius 1 is 1.04 bits per heavy atom. The standard InChI is InChI=1S/C18H19F3N2O/c1-17(22,14-9-4-3-5-10-14)16(24)23(2)12-13-8-6-7-11-15(13)18(19,20)21/h3-11H,12,22H2,1-2H3. The molecule has 0 heterocycles. The van der Waals surface area contributed by atoms with Crippen LogP contribution in [-0.2, 0) is 23.1 Å². The number of likely N-dealkylation sites (N-methyl/N-ethyl adjacent to an activating group) is 1. The molecular weight excluding hydrogens is 317 g/mol. The number of hydrogen-bond donors (Lipinski definition) is 1. The third-order valence-electron chi connectivity index (χ3n) is 3.89. The first-order valence-corrected chi connectivity index (χ1v) is 7.39. The van der Waals surface area contributed by atoms with Crippen molar-refractivity contribution in [2.24, 2.45) is 5.73 Å². The van der Waals surface area contributed by atoms with Crippen molar-refractivity contribution in [1.29, 1.82) is 0 Å². The molecule has 0 aliphatic rings. The first-order chi connectivity index (χ1) is 11.1. The lowest BCUT2D eigenvalue weighted by Crippen LogP contribution is -2.49. The summed E-state index contributed by atoms with van der Waals surface area (Å²) in [7, 11) is 1.45. The highest BCUT2D eigenvalue weighted by Gasteiger charge is 2.36. The second kappa shape index (κ2) is 6.65. The summed E-state index contributed by atoms with van der Waals surface area (Å²) in [6.45, 7) is 1.38. The molecule has 0 bridgehead atoms. The summed E-state index contributed by atoms with van der Waals surface area (Å²) in [6, 6.07) is 14.0. The first kappa shape index (κ1) is 18.0. The summed E-state index contributed by atoms with van der Waals surface area (Å²) in [5.74, 6) is -0.453. The largest absolute Gasteiger partial charge is 0.416 e. The molecule has 1 atom stereocenters. The van der Waals surface area contributed by atoms with Gasteiger partial charge in [-0.25, -0.2) is 0 Å². The molecule has 0 aliphatic carbocycles. The third-order valence-corrected chi connectivity index (χ3v) is 3.89. The van der Waals surface area contributed by atoms with Crippen molar-refractivity contribution in [3.05, 3.63) is 71.3 Å². The normalized spacial score (nSPS) is 14.1. The minimum Gasteiger partial charge on any atom is -0.340 e. The molecule has 1 amide bonds. The van der Waals surface area contributed by atoms with Crippen LogP contribution in [-0.4, -0.2) is 17.9 Å². The lowest BCUT2D eigenvalue weighted by atomic mass is 9.91. The molecule has 0 saturated heterocycles. The fourth-order valence-electron chi connectivity index (χ4n) is 2.57. The minimum absolute atomic E-state index is 0.0321. The molecule has 0 aromatic heterocycles. The van der Waals surface area contributed by atoms with Gasteiger partial charge in [-0.15, -0.1) is 0 Å². The van der Waals surface area contributed by atoms with Gasteiger partial charge in [0.2, 0.25) is 5.91 Å². The number of carbonyl (C=O) groups excluding carboxylic acids is 1. The van der Waals surface area contributed by atoms with Crippen molar-refractivity contribution >= 4 is 5.91 Å². The number of amides is 1. The maximum atomic E-state index is 13.1. The van der Waals surface area contributed by atoms with Gasteiger partial charge in [0.25, 0.3) is 0 Å². The Balaban J connectivity index is 2.25. The number of nitrogens with two attached hydrogens (primary N) is 1. The Kier molecular flexibility index (Phi) is 4.99. The molecule has 2 aromatic rings. The number of nitrogens with zero attached hydrogens (tertiary/aromatic N) is 1. The van der Waals surface area contributed by atoms with Crippen molar-refractivity contribution in [2.75, 3.05) is 7.05 Å². The average molecular weight is 336 g/mol. The fraction of sp³-hybridized carbons (Fsp3) is 0.278. The highest BCUT2D eigenvalue weighted by Crippen LogP contribution is 2.32. The maximum absolute atomic E-state index is 13.1. The van der Waals surface area contributed by atoms with E-state index < -0.39 is 23.2 Å². The number of halogens is 3. The van der Waals surface area contributed by atoms with Gasteiger partial charge in [-0.2, -0.15) is 13.2 Å². The quantitative estimate of drug-likeness (QED) is 0.928. The van der Waals surface area contributed by atoms with E-state index in [9.17, 15) is 18.0 Å². The Bertz CT molecular complexity index is 712. The summed E-state index contributed by atoms with van der Waals surface area (Å²) < 4.78 is 39.2. The average Bonchev–Trinajstić information content (AvgIpc) is 2.54. The van der Waals surface area contributed by atoms with E-state index in [1.807, 2.05) is 0 Å². The van der Waals surface area contributed by atoms with Crippen LogP contribution >= 0.6 is 0 Å². The van der Waals surface area contributed by atoms with E-state index in [1.54, 1.807) is 37.3 Å². The van der Waals surface area contributed by atoms with Gasteiger partial charge in [0, 0.05) is 13.6 Å². The van der Waals surface area contributed by atoms with Crippen LogP contribution in [0, 0.1) is 0 Å². The van der Waals surface area contributed by atoms with Crippen LogP contribution in [0.2, 0.25) is 0 Å². The van der Waals surface area contributed by atoms with E-state index in [-0.39, 0.29) is 12.1 Å². The van der Waals surface area contributed by atoms with Crippen LogP contribution < -0.4 is 5.73 Å². The van der Waals surface area contributed by atoms with Crippen molar-refractivity contribution in [1.82, 2.24) is 4.90 Å². The van der Waals surface area contributed by atoms with Gasteiger partial charge in [-0.3, -0.25) is 4.79 Å². The van der Waals surface area contributed by atoms with E-state index in [1.165, 1.54) is 30.1 Å². The van der Waals surface area contributed by atoms with Gasteiger partial charge in [0.1, 0.15) is 5.54 Å². The fourth-order valence-corrected chi connectivity index (χ4v) is 2.57. The topological polar surface area (TPSA) is 46.3 Å². The van der Waals surface area contributed by atoms with Gasteiger partial charge in [0.15, 0.2) is 0 Å². The van der Waals surface area contributed by atoms with Gasteiger partial charge in [0.05, 0.1) is 5.56 Å². The second-order valence-electron chi connectivity index (χ2n) is 5.88. The Labute approximate surface area is 138 Å². The summed E-state index contributed by atoms with van der Waals surface area (Å²) in [5.41, 5.74) is 4.72. The van der Waals surface area contributed by atoms with Crippen LogP contribution in [0.25, 0.3) is 0 Å². The number of rotatable bonds is 4. The van der Waals surface area contributed by atoms with Crippen molar-refractivity contribution in [3.63, 3.8) is 0 Å². The molecule has 2 N–H and O–H groups in total. The molecule has 0 spiro atoms. The third kappa shape index (κ3) is 3.76. The van der Waals surface area contributed by atoms with E-state index in [0.717, 1.165) is 6.07 Å². The SMILES string of the molecule is CN(Cc1ccccc1C(F)(F)F)C(=O)C(C)(N)c1ccccc1. The van der Waals surface area contributed by atoms with Crippen LogP contribution in [0.3, 0.4) is 0 Å². The van der Waals surface area contributed by atoms with Crippen molar-refractivity contribution in [2.45, 2.75) is 25.2 Å². The molecular formula is C18H19F3N2O. The van der Waals surface area contributed by atoms with E-state index in [0.29, 0.717) is 5.56 Å². The summed E-state index contributed by atoms with van der Waals surface area (Å²) in [5, 5.41) is 0. The molecule has 0 saturated carbocycles. The number of alkyl halides is 3. The van der Waals surface area contributed by atoms with Gasteiger partial charge >= 0.3 is 6.18 Å². The molecule has 0 aliphatic heterocycles. The summed E-state index contributed by atoms with van der Waals surface area (Å²) >= 11 is 0. The molecule has 2 rings (SSSR count).